The van der Waals surface area contributed by atoms with Gasteiger partial charge in [0.15, 0.2) is 0 Å². The quantitative estimate of drug-likeness (QED) is 0.427. The summed E-state index contributed by atoms with van der Waals surface area (Å²) in [6.07, 6.45) is 5.13. The lowest BCUT2D eigenvalue weighted by molar-refractivity contribution is -0.104. The van der Waals surface area contributed by atoms with E-state index in [4.69, 9.17) is 4.74 Å². The monoisotopic (exact) mass is 140 g/mol. The zero-order chi connectivity index (χ0) is 7.40. The lowest BCUT2D eigenvalue weighted by atomic mass is 10.2. The Morgan fingerprint density at radius 2 is 2.50 bits per heavy atom. The van der Waals surface area contributed by atoms with E-state index in [1.807, 2.05) is 6.08 Å². The van der Waals surface area contributed by atoms with Gasteiger partial charge in [0.2, 0.25) is 0 Å². The van der Waals surface area contributed by atoms with Crippen LogP contribution in [0.4, 0.5) is 0 Å². The topological polar surface area (TPSA) is 26.3 Å². The second kappa shape index (κ2) is 3.52. The Morgan fingerprint density at radius 3 is 3.00 bits per heavy atom. The minimum absolute atomic E-state index is 0.199. The van der Waals surface area contributed by atoms with Gasteiger partial charge < -0.3 is 4.74 Å². The molecule has 2 nitrogen and oxygen atoms in total. The molecule has 1 aliphatic heterocycles. The molecule has 10 heavy (non-hydrogen) atoms. The Bertz CT molecular complexity index is 143. The third-order valence-corrected chi connectivity index (χ3v) is 1.60. The van der Waals surface area contributed by atoms with E-state index in [1.165, 1.54) is 0 Å². The molecule has 1 rings (SSSR count). The molecule has 0 amide bonds. The van der Waals surface area contributed by atoms with Gasteiger partial charge in [0.05, 0.1) is 6.10 Å². The summed E-state index contributed by atoms with van der Waals surface area (Å²) in [5.41, 5.74) is 0.770. The first-order valence-electron chi connectivity index (χ1n) is 3.58. The number of aldehydes is 1. The molecule has 0 N–H and O–H groups in total. The van der Waals surface area contributed by atoms with Gasteiger partial charge in [-0.1, -0.05) is 0 Å². The number of carbonyl (C=O) groups is 1. The van der Waals surface area contributed by atoms with E-state index in [0.29, 0.717) is 0 Å². The third kappa shape index (κ3) is 1.95. The zero-order valence-electron chi connectivity index (χ0n) is 6.17. The predicted octanol–water partition coefficient (Wildman–Crippen LogP) is 1.31. The summed E-state index contributed by atoms with van der Waals surface area (Å²) in [4.78, 5) is 10.2. The Kier molecular flexibility index (Phi) is 2.63. The van der Waals surface area contributed by atoms with Crippen LogP contribution >= 0.6 is 0 Å². The fourth-order valence-corrected chi connectivity index (χ4v) is 1.07. The molecule has 0 aromatic carbocycles. The standard InChI is InChI=1S/C8H12O2/c1-7(6-9)5-8-3-2-4-10-8/h5-6,8H,2-4H2,1H3. The first kappa shape index (κ1) is 7.48. The molecule has 1 saturated heterocycles. The maximum atomic E-state index is 10.2. The summed E-state index contributed by atoms with van der Waals surface area (Å²) >= 11 is 0. The number of hydrogen-bond donors (Lipinski definition) is 0. The molecule has 0 radical (unpaired) electrons. The van der Waals surface area contributed by atoms with E-state index in [9.17, 15) is 4.79 Å². The summed E-state index contributed by atoms with van der Waals surface area (Å²) in [5, 5.41) is 0. The van der Waals surface area contributed by atoms with E-state index in [0.717, 1.165) is 31.3 Å². The smallest absolute Gasteiger partial charge is 0.145 e. The van der Waals surface area contributed by atoms with Crippen LogP contribution in [0.1, 0.15) is 19.8 Å². The fourth-order valence-electron chi connectivity index (χ4n) is 1.07. The highest BCUT2D eigenvalue weighted by Crippen LogP contribution is 2.13. The average Bonchev–Trinajstić information content (AvgIpc) is 2.40. The van der Waals surface area contributed by atoms with Gasteiger partial charge in [-0.3, -0.25) is 4.79 Å². The number of ether oxygens (including phenoxy) is 1. The summed E-state index contributed by atoms with van der Waals surface area (Å²) in [5.74, 6) is 0. The Labute approximate surface area is 60.9 Å². The molecule has 1 unspecified atom stereocenters. The minimum atomic E-state index is 0.199. The van der Waals surface area contributed by atoms with Gasteiger partial charge in [-0.05, 0) is 31.4 Å². The average molecular weight is 140 g/mol. The number of rotatable bonds is 2. The lowest BCUT2D eigenvalue weighted by Crippen LogP contribution is -2.00. The van der Waals surface area contributed by atoms with Gasteiger partial charge in [0.25, 0.3) is 0 Å². The molecule has 1 heterocycles. The number of hydrogen-bond acceptors (Lipinski definition) is 2. The Hall–Kier alpha value is -0.630. The number of allylic oxidation sites excluding steroid dienone is 1. The van der Waals surface area contributed by atoms with E-state index in [2.05, 4.69) is 0 Å². The molecule has 0 spiro atoms. The van der Waals surface area contributed by atoms with E-state index in [1.54, 1.807) is 6.92 Å². The van der Waals surface area contributed by atoms with Crippen molar-refractivity contribution in [2.24, 2.45) is 0 Å². The van der Waals surface area contributed by atoms with Crippen LogP contribution in [0.25, 0.3) is 0 Å². The van der Waals surface area contributed by atoms with Crippen molar-refractivity contribution in [3.63, 3.8) is 0 Å². The van der Waals surface area contributed by atoms with Crippen LogP contribution in [-0.4, -0.2) is 19.0 Å². The largest absolute Gasteiger partial charge is 0.374 e. The van der Waals surface area contributed by atoms with Gasteiger partial charge in [0.1, 0.15) is 6.29 Å². The molecule has 0 bridgehead atoms. The first-order valence-corrected chi connectivity index (χ1v) is 3.58. The normalized spacial score (nSPS) is 26.9. The molecule has 1 atom stereocenters. The summed E-state index contributed by atoms with van der Waals surface area (Å²) in [6, 6.07) is 0. The van der Waals surface area contributed by atoms with Crippen LogP contribution in [0, 0.1) is 0 Å². The number of carbonyl (C=O) groups excluding carboxylic acids is 1. The second-order valence-electron chi connectivity index (χ2n) is 2.58. The SMILES string of the molecule is CC(C=O)=CC1CCCO1. The van der Waals surface area contributed by atoms with Crippen LogP contribution in [0.3, 0.4) is 0 Å². The van der Waals surface area contributed by atoms with Crippen molar-refractivity contribution in [1.29, 1.82) is 0 Å². The minimum Gasteiger partial charge on any atom is -0.374 e. The molecule has 0 aromatic heterocycles. The molecular formula is C8H12O2. The highest BCUT2D eigenvalue weighted by atomic mass is 16.5. The van der Waals surface area contributed by atoms with Gasteiger partial charge in [-0.25, -0.2) is 0 Å². The van der Waals surface area contributed by atoms with Crippen molar-refractivity contribution < 1.29 is 9.53 Å². The van der Waals surface area contributed by atoms with Crippen molar-refractivity contribution in [3.8, 4) is 0 Å². The summed E-state index contributed by atoms with van der Waals surface area (Å²) < 4.78 is 5.29. The van der Waals surface area contributed by atoms with Crippen molar-refractivity contribution in [2.45, 2.75) is 25.9 Å². The predicted molar refractivity (Wildman–Crippen MR) is 38.8 cm³/mol. The molecule has 0 aliphatic carbocycles. The van der Waals surface area contributed by atoms with Crippen molar-refractivity contribution in [3.05, 3.63) is 11.6 Å². The van der Waals surface area contributed by atoms with E-state index < -0.39 is 0 Å². The van der Waals surface area contributed by atoms with Gasteiger partial charge in [-0.2, -0.15) is 0 Å². The molecular weight excluding hydrogens is 128 g/mol. The third-order valence-electron chi connectivity index (χ3n) is 1.60. The van der Waals surface area contributed by atoms with Crippen molar-refractivity contribution in [1.82, 2.24) is 0 Å². The second-order valence-corrected chi connectivity index (χ2v) is 2.58. The van der Waals surface area contributed by atoms with Crippen LogP contribution in [0.5, 0.6) is 0 Å². The lowest BCUT2D eigenvalue weighted by Gasteiger charge is -2.01. The fraction of sp³-hybridized carbons (Fsp3) is 0.625. The highest BCUT2D eigenvalue weighted by Gasteiger charge is 2.11. The molecule has 1 aliphatic rings. The molecule has 0 aromatic rings. The summed E-state index contributed by atoms with van der Waals surface area (Å²) in [7, 11) is 0. The zero-order valence-corrected chi connectivity index (χ0v) is 6.17. The van der Waals surface area contributed by atoms with Crippen LogP contribution in [-0.2, 0) is 9.53 Å². The highest BCUT2D eigenvalue weighted by molar-refractivity contribution is 5.72. The molecule has 0 saturated carbocycles. The van der Waals surface area contributed by atoms with Gasteiger partial charge >= 0.3 is 0 Å². The van der Waals surface area contributed by atoms with E-state index >= 15 is 0 Å². The Balaban J connectivity index is 2.42. The maximum Gasteiger partial charge on any atom is 0.145 e. The van der Waals surface area contributed by atoms with Crippen molar-refractivity contribution in [2.75, 3.05) is 6.61 Å². The van der Waals surface area contributed by atoms with Crippen LogP contribution < -0.4 is 0 Å². The molecule has 56 valence electrons. The van der Waals surface area contributed by atoms with Crippen molar-refractivity contribution >= 4 is 6.29 Å². The van der Waals surface area contributed by atoms with Crippen LogP contribution in [0.15, 0.2) is 11.6 Å². The van der Waals surface area contributed by atoms with Gasteiger partial charge in [-0.15, -0.1) is 0 Å². The first-order chi connectivity index (χ1) is 4.83. The molecule has 1 fully saturated rings. The maximum absolute atomic E-state index is 10.2. The molecule has 2 heteroatoms. The summed E-state index contributed by atoms with van der Waals surface area (Å²) in [6.45, 7) is 2.64. The van der Waals surface area contributed by atoms with Gasteiger partial charge in [0, 0.05) is 6.61 Å². The van der Waals surface area contributed by atoms with Crippen LogP contribution in [0.2, 0.25) is 0 Å². The van der Waals surface area contributed by atoms with E-state index in [-0.39, 0.29) is 6.10 Å². The Morgan fingerprint density at radius 1 is 1.70 bits per heavy atom.